The minimum atomic E-state index is -6.00. The molecule has 10 heteroatoms. The van der Waals surface area contributed by atoms with Crippen molar-refractivity contribution >= 4 is 18.2 Å². The second-order valence-corrected chi connectivity index (χ2v) is 40.9. The summed E-state index contributed by atoms with van der Waals surface area (Å²) in [6, 6.07) is 7.35. The molecule has 0 N–H and O–H groups in total. The fourth-order valence-corrected chi connectivity index (χ4v) is 7.13. The van der Waals surface area contributed by atoms with Crippen molar-refractivity contribution in [1.82, 2.24) is 12.3 Å². The van der Waals surface area contributed by atoms with Gasteiger partial charge in [-0.15, -0.1) is 0 Å². The quantitative estimate of drug-likeness (QED) is 0.417. The molecule has 1 aromatic heterocycles. The van der Waals surface area contributed by atoms with Crippen LogP contribution in [0.15, 0.2) is 29.1 Å². The molecule has 117 valence electrons. The third-order valence-electron chi connectivity index (χ3n) is 2.42. The second-order valence-electron chi connectivity index (χ2n) is 6.71. The van der Waals surface area contributed by atoms with Crippen molar-refractivity contribution in [3.05, 3.63) is 34.6 Å². The van der Waals surface area contributed by atoms with Gasteiger partial charge in [-0.1, -0.05) is 0 Å². The standard InChI is InChI=1S/C7H5N3O.4CH3.BF4.U/c11-7-5-3-1-2-4-6(5)8-10-9-7;;;;;2-1(3,4)5;/h1-4H,(H,8,9,11);4*1H3;;/q;;;;;-1;+1/p-1. The van der Waals surface area contributed by atoms with Crippen molar-refractivity contribution < 1.29 is 40.2 Å². The van der Waals surface area contributed by atoms with Crippen LogP contribution in [0.1, 0.15) is 0 Å². The van der Waals surface area contributed by atoms with Crippen LogP contribution in [-0.2, 0) is 0 Å². The van der Waals surface area contributed by atoms with Gasteiger partial charge in [0.05, 0.1) is 0 Å². The molecule has 0 aliphatic carbocycles. The Kier molecular flexibility index (Phi) is 4.96. The van der Waals surface area contributed by atoms with Crippen molar-refractivity contribution in [1.29, 1.82) is 0 Å². The molecule has 0 aliphatic heterocycles. The number of hydrogen-bond donors (Lipinski definition) is 0. The fourth-order valence-electron chi connectivity index (χ4n) is 1.57. The van der Waals surface area contributed by atoms with Gasteiger partial charge in [0.2, 0.25) is 0 Å². The van der Waals surface area contributed by atoms with Crippen LogP contribution < -0.4 is 5.56 Å². The molecular formula is C11H16BF4N3OU-. The number of benzene rings is 1. The van der Waals surface area contributed by atoms with E-state index >= 15 is 0 Å². The Morgan fingerprint density at radius 2 is 1.52 bits per heavy atom. The molecule has 1 heterocycles. The van der Waals surface area contributed by atoms with Crippen LogP contribution >= 0.6 is 0 Å². The topological polar surface area (TPSA) is 47.8 Å². The third kappa shape index (κ3) is 5.79. The van der Waals surface area contributed by atoms with Gasteiger partial charge in [-0.2, -0.15) is 0 Å². The molecular weight excluding hydrogens is 515 g/mol. The molecule has 0 aliphatic rings. The van der Waals surface area contributed by atoms with Gasteiger partial charge in [0.15, 0.2) is 0 Å². The Hall–Kier alpha value is -0.873. The molecule has 4 nitrogen and oxygen atoms in total. The van der Waals surface area contributed by atoms with E-state index in [1.165, 1.54) is 0 Å². The summed E-state index contributed by atoms with van der Waals surface area (Å²) in [5, 5.41) is 8.89. The van der Waals surface area contributed by atoms with Crippen LogP contribution in [0.5, 0.6) is 0 Å². The summed E-state index contributed by atoms with van der Waals surface area (Å²) >= 11 is -3.30. The van der Waals surface area contributed by atoms with Gasteiger partial charge in [-0.25, -0.2) is 0 Å². The van der Waals surface area contributed by atoms with Gasteiger partial charge in [-0.05, 0) is 0 Å². The van der Waals surface area contributed by atoms with E-state index < -0.39 is 30.2 Å². The molecule has 0 saturated heterocycles. The van der Waals surface area contributed by atoms with Crippen molar-refractivity contribution in [2.45, 2.75) is 15.8 Å². The number of hydrogen-bond acceptors (Lipinski definition) is 3. The normalized spacial score (nSPS) is 14.0. The van der Waals surface area contributed by atoms with E-state index in [2.05, 4.69) is 26.1 Å². The average molecular weight is 531 g/mol. The summed E-state index contributed by atoms with van der Waals surface area (Å²) in [5.41, 5.74) is 0.671. The molecule has 0 fully saturated rings. The maximum absolute atomic E-state index is 12.3. The first-order chi connectivity index (χ1) is 9.26. The van der Waals surface area contributed by atoms with Crippen molar-refractivity contribution in [3.8, 4) is 0 Å². The molecule has 0 unspecified atom stereocenters. The Labute approximate surface area is 121 Å². The van der Waals surface area contributed by atoms with Gasteiger partial charge in [0, 0.05) is 0 Å². The van der Waals surface area contributed by atoms with Gasteiger partial charge in [0.1, 0.15) is 0 Å². The predicted molar refractivity (Wildman–Crippen MR) is 72.8 cm³/mol. The fraction of sp³-hybridized carbons (Fsp3) is 0.364. The van der Waals surface area contributed by atoms with Crippen LogP contribution in [-0.4, -0.2) is 19.6 Å². The summed E-state index contributed by atoms with van der Waals surface area (Å²) < 4.78 is 49.4. The summed E-state index contributed by atoms with van der Waals surface area (Å²) in [6.45, 7) is 0. The molecule has 0 saturated carbocycles. The number of fused-ring (bicyclic) bond motifs is 1. The summed E-state index contributed by atoms with van der Waals surface area (Å²) in [7, 11) is -6.00. The number of aromatic nitrogens is 3. The van der Waals surface area contributed by atoms with Crippen molar-refractivity contribution in [3.63, 3.8) is 0 Å². The van der Waals surface area contributed by atoms with Crippen LogP contribution in [0.3, 0.4) is 0 Å². The molecule has 2 aromatic rings. The summed E-state index contributed by atoms with van der Waals surface area (Å²) in [4.78, 5) is 12.3. The number of nitrogens with zero attached hydrogens (tertiary/aromatic N) is 3. The minimum absolute atomic E-state index is 0.00115. The number of halogens is 4. The zero-order valence-corrected chi connectivity index (χ0v) is 16.3. The average Bonchev–Trinajstić information content (AvgIpc) is 2.24. The molecule has 0 bridgehead atoms. The summed E-state index contributed by atoms with van der Waals surface area (Å²) in [5.74, 6) is 0. The van der Waals surface area contributed by atoms with E-state index in [9.17, 15) is 22.1 Å². The van der Waals surface area contributed by atoms with Gasteiger partial charge in [-0.3, -0.25) is 0 Å². The Morgan fingerprint density at radius 1 is 1.05 bits per heavy atom. The first-order valence-electron chi connectivity index (χ1n) is 6.23. The number of rotatable bonds is 1. The van der Waals surface area contributed by atoms with Gasteiger partial charge >= 0.3 is 104 Å². The Morgan fingerprint density at radius 3 is 2.00 bits per heavy atom. The van der Waals surface area contributed by atoms with E-state index in [1.54, 1.807) is 2.02 Å². The maximum atomic E-state index is 12.3. The molecule has 0 atom stereocenters. The molecule has 0 amide bonds. The Bertz CT molecular complexity index is 693. The van der Waals surface area contributed by atoms with Crippen LogP contribution in [0.25, 0.3) is 10.9 Å². The zero-order valence-electron chi connectivity index (χ0n) is 12.1. The van der Waals surface area contributed by atoms with Gasteiger partial charge in [0.25, 0.3) is 0 Å². The van der Waals surface area contributed by atoms with Crippen LogP contribution in [0.2, 0.25) is 15.8 Å². The molecule has 0 spiro atoms. The summed E-state index contributed by atoms with van der Waals surface area (Å²) in [6.07, 6.45) is 0. The predicted octanol–water partition coefficient (Wildman–Crippen LogP) is 3.74. The molecule has 0 radical (unpaired) electrons. The van der Waals surface area contributed by atoms with E-state index in [4.69, 9.17) is 0 Å². The SMILES string of the molecule is F[B-](F)(F)F.[CH3][U]([CH3])([CH3])([CH3])[n]1nnc2ccccc2c1=O. The van der Waals surface area contributed by atoms with Gasteiger partial charge < -0.3 is 17.3 Å². The molecule has 2 rings (SSSR count). The molecule has 1 aromatic carbocycles. The Balaban J connectivity index is 0.000000383. The van der Waals surface area contributed by atoms with Crippen LogP contribution in [0.4, 0.5) is 17.3 Å². The van der Waals surface area contributed by atoms with E-state index in [0.717, 1.165) is 0 Å². The first kappa shape index (κ1) is 18.2. The van der Waals surface area contributed by atoms with Crippen LogP contribution in [0, 0.1) is 23.0 Å². The van der Waals surface area contributed by atoms with E-state index in [0.29, 0.717) is 10.9 Å². The zero-order chi connectivity index (χ0) is 16.5. The third-order valence-corrected chi connectivity index (χ3v) is 10.7. The van der Waals surface area contributed by atoms with Crippen molar-refractivity contribution in [2.24, 2.45) is 0 Å². The second kappa shape index (κ2) is 5.73. The van der Waals surface area contributed by atoms with Crippen molar-refractivity contribution in [2.75, 3.05) is 0 Å². The first-order valence-corrected chi connectivity index (χ1v) is 24.7. The van der Waals surface area contributed by atoms with E-state index in [-0.39, 0.29) is 5.56 Å². The monoisotopic (exact) mass is 531 g/mol. The van der Waals surface area contributed by atoms with E-state index in [1.807, 2.05) is 24.3 Å². The molecule has 21 heavy (non-hydrogen) atoms.